The molecule has 0 aliphatic carbocycles. The standard InChI is InChI=1S/C21H26N2O5S/c1-20(2,3)14-29(26,27)18-9-8-17-21(10-12-22(13-11-21)19(24)25)28-16-7-5-4-6-15(16)23(17)18/h4-9H,10-14H2,1-3H3,(H,24,25). The van der Waals surface area contributed by atoms with Crippen LogP contribution in [0.3, 0.4) is 0 Å². The Labute approximate surface area is 170 Å². The van der Waals surface area contributed by atoms with Crippen molar-refractivity contribution < 1.29 is 23.1 Å². The van der Waals surface area contributed by atoms with Gasteiger partial charge >= 0.3 is 6.09 Å². The SMILES string of the molecule is CC(C)(C)CS(=O)(=O)c1ccc2n1-c1ccccc1OC21CCN(C(=O)O)CC1. The predicted octanol–water partition coefficient (Wildman–Crippen LogP) is 3.66. The van der Waals surface area contributed by atoms with E-state index in [1.54, 1.807) is 10.6 Å². The molecule has 7 nitrogen and oxygen atoms in total. The van der Waals surface area contributed by atoms with Crippen LogP contribution >= 0.6 is 0 Å². The first kappa shape index (κ1) is 19.8. The summed E-state index contributed by atoms with van der Waals surface area (Å²) in [4.78, 5) is 12.7. The van der Waals surface area contributed by atoms with E-state index in [0.29, 0.717) is 37.4 Å². The van der Waals surface area contributed by atoms with Crippen LogP contribution in [0, 0.1) is 5.41 Å². The van der Waals surface area contributed by atoms with Crippen LogP contribution in [0.4, 0.5) is 4.79 Å². The number of likely N-dealkylation sites (tertiary alicyclic amines) is 1. The average molecular weight is 419 g/mol. The minimum Gasteiger partial charge on any atom is -0.479 e. The molecule has 0 saturated carbocycles. The zero-order valence-electron chi connectivity index (χ0n) is 16.9. The molecule has 0 atom stereocenters. The second-order valence-electron chi connectivity index (χ2n) is 9.05. The molecule has 2 aliphatic heterocycles. The number of carboxylic acid groups (broad SMARTS) is 1. The number of ether oxygens (including phenoxy) is 1. The van der Waals surface area contributed by atoms with Crippen LogP contribution in [0.2, 0.25) is 0 Å². The van der Waals surface area contributed by atoms with Crippen molar-refractivity contribution in [3.8, 4) is 11.4 Å². The Balaban J connectivity index is 1.84. The van der Waals surface area contributed by atoms with Crippen LogP contribution in [-0.2, 0) is 15.4 Å². The van der Waals surface area contributed by atoms with Gasteiger partial charge in [0, 0.05) is 25.9 Å². The van der Waals surface area contributed by atoms with E-state index in [1.807, 2.05) is 51.1 Å². The zero-order chi connectivity index (χ0) is 21.0. The number of carbonyl (C=O) groups is 1. The van der Waals surface area contributed by atoms with E-state index in [2.05, 4.69) is 0 Å². The van der Waals surface area contributed by atoms with E-state index in [9.17, 15) is 18.3 Å². The maximum atomic E-state index is 13.3. The Morgan fingerprint density at radius 3 is 2.41 bits per heavy atom. The fourth-order valence-corrected chi connectivity index (χ4v) is 6.36. The quantitative estimate of drug-likeness (QED) is 0.804. The molecular weight excluding hydrogens is 392 g/mol. The van der Waals surface area contributed by atoms with E-state index < -0.39 is 21.5 Å². The average Bonchev–Trinajstić information content (AvgIpc) is 3.08. The lowest BCUT2D eigenvalue weighted by Crippen LogP contribution is -2.49. The van der Waals surface area contributed by atoms with Crippen LogP contribution in [0.25, 0.3) is 5.69 Å². The maximum Gasteiger partial charge on any atom is 0.407 e. The molecule has 2 aromatic rings. The third-order valence-corrected chi connectivity index (χ3v) is 7.71. The normalized spacial score (nSPS) is 18.1. The van der Waals surface area contributed by atoms with Gasteiger partial charge in [-0.3, -0.25) is 4.57 Å². The van der Waals surface area contributed by atoms with Crippen molar-refractivity contribution in [2.75, 3.05) is 18.8 Å². The Morgan fingerprint density at radius 1 is 1.14 bits per heavy atom. The number of piperidine rings is 1. The largest absolute Gasteiger partial charge is 0.479 e. The number of para-hydroxylation sites is 2. The van der Waals surface area contributed by atoms with E-state index in [-0.39, 0.29) is 16.2 Å². The fraction of sp³-hybridized carbons (Fsp3) is 0.476. The van der Waals surface area contributed by atoms with Crippen molar-refractivity contribution in [3.05, 3.63) is 42.1 Å². The number of sulfone groups is 1. The molecule has 29 heavy (non-hydrogen) atoms. The maximum absolute atomic E-state index is 13.3. The van der Waals surface area contributed by atoms with E-state index in [1.165, 1.54) is 4.90 Å². The van der Waals surface area contributed by atoms with E-state index in [4.69, 9.17) is 4.74 Å². The molecule has 1 aromatic carbocycles. The van der Waals surface area contributed by atoms with Gasteiger partial charge in [-0.2, -0.15) is 0 Å². The summed E-state index contributed by atoms with van der Waals surface area (Å²) in [6.07, 6.45) is -0.00724. The highest BCUT2D eigenvalue weighted by Gasteiger charge is 2.46. The monoisotopic (exact) mass is 418 g/mol. The molecule has 1 saturated heterocycles. The highest BCUT2D eigenvalue weighted by Crippen LogP contribution is 2.46. The van der Waals surface area contributed by atoms with Gasteiger partial charge in [0.2, 0.25) is 0 Å². The summed E-state index contributed by atoms with van der Waals surface area (Å²) in [5.74, 6) is 0.652. The summed E-state index contributed by atoms with van der Waals surface area (Å²) in [5.41, 5.74) is 0.356. The Morgan fingerprint density at radius 2 is 1.79 bits per heavy atom. The van der Waals surface area contributed by atoms with Crippen molar-refractivity contribution in [2.24, 2.45) is 5.41 Å². The Bertz CT molecular complexity index is 1060. The number of nitrogens with zero attached hydrogens (tertiary/aromatic N) is 2. The minimum absolute atomic E-state index is 0.0340. The molecule has 1 amide bonds. The van der Waals surface area contributed by atoms with Crippen molar-refractivity contribution >= 4 is 15.9 Å². The number of hydrogen-bond acceptors (Lipinski definition) is 4. The summed E-state index contributed by atoms with van der Waals surface area (Å²) in [6, 6.07) is 10.9. The van der Waals surface area contributed by atoms with Gasteiger partial charge in [0.05, 0.1) is 17.1 Å². The smallest absolute Gasteiger partial charge is 0.407 e. The lowest BCUT2D eigenvalue weighted by molar-refractivity contribution is -0.00959. The molecule has 2 aliphatic rings. The first-order chi connectivity index (χ1) is 13.5. The highest BCUT2D eigenvalue weighted by molar-refractivity contribution is 7.91. The molecule has 4 rings (SSSR count). The van der Waals surface area contributed by atoms with Gasteiger partial charge in [-0.05, 0) is 29.7 Å². The van der Waals surface area contributed by atoms with Crippen molar-refractivity contribution in [1.82, 2.24) is 9.47 Å². The van der Waals surface area contributed by atoms with Crippen molar-refractivity contribution in [2.45, 2.75) is 44.2 Å². The second-order valence-corrected chi connectivity index (χ2v) is 11.0. The first-order valence-corrected chi connectivity index (χ1v) is 11.4. The third kappa shape index (κ3) is 3.39. The Hall–Kier alpha value is -2.48. The summed E-state index contributed by atoms with van der Waals surface area (Å²) < 4.78 is 34.7. The van der Waals surface area contributed by atoms with Gasteiger partial charge in [0.25, 0.3) is 0 Å². The molecule has 1 fully saturated rings. The lowest BCUT2D eigenvalue weighted by Gasteiger charge is -2.44. The minimum atomic E-state index is -3.54. The molecule has 3 heterocycles. The highest BCUT2D eigenvalue weighted by atomic mass is 32.2. The number of benzene rings is 1. The summed E-state index contributed by atoms with van der Waals surface area (Å²) in [7, 11) is -3.54. The van der Waals surface area contributed by atoms with Gasteiger partial charge in [-0.25, -0.2) is 13.2 Å². The second kappa shape index (κ2) is 6.52. The van der Waals surface area contributed by atoms with Crippen LogP contribution < -0.4 is 4.74 Å². The molecule has 0 bridgehead atoms. The van der Waals surface area contributed by atoms with Gasteiger partial charge in [-0.15, -0.1) is 0 Å². The number of aromatic nitrogens is 1. The van der Waals surface area contributed by atoms with Crippen LogP contribution in [0.1, 0.15) is 39.3 Å². The Kier molecular flexibility index (Phi) is 4.45. The predicted molar refractivity (Wildman–Crippen MR) is 108 cm³/mol. The number of fused-ring (bicyclic) bond motifs is 4. The molecule has 0 radical (unpaired) electrons. The molecule has 156 valence electrons. The van der Waals surface area contributed by atoms with Crippen molar-refractivity contribution in [1.29, 1.82) is 0 Å². The van der Waals surface area contributed by atoms with Crippen LogP contribution in [-0.4, -0.2) is 47.9 Å². The zero-order valence-corrected chi connectivity index (χ0v) is 17.7. The molecule has 1 N–H and O–H groups in total. The van der Waals surface area contributed by atoms with E-state index in [0.717, 1.165) is 5.69 Å². The number of hydrogen-bond donors (Lipinski definition) is 1. The van der Waals surface area contributed by atoms with Gasteiger partial charge < -0.3 is 14.7 Å². The van der Waals surface area contributed by atoms with E-state index >= 15 is 0 Å². The number of rotatable bonds is 2. The molecule has 0 unspecified atom stereocenters. The van der Waals surface area contributed by atoms with Gasteiger partial charge in [0.15, 0.2) is 15.4 Å². The molecule has 1 aromatic heterocycles. The number of amides is 1. The lowest BCUT2D eigenvalue weighted by atomic mass is 9.86. The van der Waals surface area contributed by atoms with Crippen molar-refractivity contribution in [3.63, 3.8) is 0 Å². The summed E-state index contributed by atoms with van der Waals surface area (Å²) in [6.45, 7) is 6.40. The fourth-order valence-electron chi connectivity index (χ4n) is 4.32. The first-order valence-electron chi connectivity index (χ1n) is 9.74. The van der Waals surface area contributed by atoms with Gasteiger partial charge in [0.1, 0.15) is 10.8 Å². The summed E-state index contributed by atoms with van der Waals surface area (Å²) >= 11 is 0. The third-order valence-electron chi connectivity index (χ3n) is 5.51. The molecule has 8 heteroatoms. The summed E-state index contributed by atoms with van der Waals surface area (Å²) in [5, 5.41) is 9.56. The molecule has 1 spiro atoms. The van der Waals surface area contributed by atoms with Crippen LogP contribution in [0.5, 0.6) is 5.75 Å². The topological polar surface area (TPSA) is 88.8 Å². The molecular formula is C21H26N2O5S. The van der Waals surface area contributed by atoms with Gasteiger partial charge in [-0.1, -0.05) is 32.9 Å². The van der Waals surface area contributed by atoms with Crippen LogP contribution in [0.15, 0.2) is 41.4 Å².